The Balaban J connectivity index is 2.68. The van der Waals surface area contributed by atoms with Crippen LogP contribution >= 0.6 is 0 Å². The Bertz CT molecular complexity index is 536. The van der Waals surface area contributed by atoms with Crippen molar-refractivity contribution in [2.45, 2.75) is 53.2 Å². The molecule has 142 valence electrons. The van der Waals surface area contributed by atoms with Gasteiger partial charge in [0.15, 0.2) is 5.96 Å². The van der Waals surface area contributed by atoms with Gasteiger partial charge < -0.3 is 20.5 Å². The van der Waals surface area contributed by atoms with Gasteiger partial charge in [-0.25, -0.2) is 4.99 Å². The van der Waals surface area contributed by atoms with Gasteiger partial charge in [0.25, 0.3) is 0 Å². The highest BCUT2D eigenvalue weighted by molar-refractivity contribution is 5.79. The van der Waals surface area contributed by atoms with Crippen LogP contribution in [0.5, 0.6) is 11.5 Å². The predicted octanol–water partition coefficient (Wildman–Crippen LogP) is 2.57. The van der Waals surface area contributed by atoms with Crippen LogP contribution in [0, 0.1) is 0 Å². The van der Waals surface area contributed by atoms with Crippen molar-refractivity contribution in [1.29, 1.82) is 0 Å². The van der Waals surface area contributed by atoms with Crippen LogP contribution in [-0.2, 0) is 6.54 Å². The van der Waals surface area contributed by atoms with Crippen molar-refractivity contribution in [1.82, 2.24) is 15.5 Å². The molecule has 0 aliphatic carbocycles. The molecule has 0 aliphatic heterocycles. The van der Waals surface area contributed by atoms with Crippen LogP contribution in [0.4, 0.5) is 0 Å². The average Bonchev–Trinajstić information content (AvgIpc) is 2.56. The molecule has 0 fully saturated rings. The molecule has 1 rings (SSSR count). The zero-order chi connectivity index (χ0) is 18.8. The predicted molar refractivity (Wildman–Crippen MR) is 104 cm³/mol. The lowest BCUT2D eigenvalue weighted by atomic mass is 10.2. The van der Waals surface area contributed by atoms with Gasteiger partial charge in [-0.3, -0.25) is 4.90 Å². The third-order valence-corrected chi connectivity index (χ3v) is 4.03. The lowest BCUT2D eigenvalue weighted by molar-refractivity contribution is 0.178. The minimum atomic E-state index is 0.228. The van der Waals surface area contributed by atoms with E-state index >= 15 is 0 Å². The summed E-state index contributed by atoms with van der Waals surface area (Å²) < 4.78 is 5.20. The van der Waals surface area contributed by atoms with Crippen LogP contribution in [0.2, 0.25) is 0 Å². The molecule has 6 nitrogen and oxygen atoms in total. The molecule has 0 saturated carbocycles. The first kappa shape index (κ1) is 21.1. The number of methoxy groups -OCH3 is 1. The van der Waals surface area contributed by atoms with Crippen LogP contribution in [0.1, 0.15) is 40.2 Å². The van der Waals surface area contributed by atoms with E-state index in [9.17, 15) is 5.11 Å². The lowest BCUT2D eigenvalue weighted by Crippen LogP contribution is -2.45. The van der Waals surface area contributed by atoms with E-state index in [-0.39, 0.29) is 5.75 Å². The summed E-state index contributed by atoms with van der Waals surface area (Å²) in [5, 5.41) is 16.6. The third kappa shape index (κ3) is 7.22. The third-order valence-electron chi connectivity index (χ3n) is 4.03. The molecule has 0 aliphatic rings. The summed E-state index contributed by atoms with van der Waals surface area (Å²) in [7, 11) is 1.61. The highest BCUT2D eigenvalue weighted by atomic mass is 16.5. The molecule has 6 heteroatoms. The minimum absolute atomic E-state index is 0.228. The molecule has 1 aromatic carbocycles. The Kier molecular flexibility index (Phi) is 9.13. The van der Waals surface area contributed by atoms with Gasteiger partial charge in [-0.05, 0) is 52.8 Å². The topological polar surface area (TPSA) is 69.1 Å². The number of nitrogens with zero attached hydrogens (tertiary/aromatic N) is 2. The Morgan fingerprint density at radius 2 is 1.88 bits per heavy atom. The SMILES string of the molecule is CCNC(=NCc1cc(OC)ccc1O)NCCN(C(C)C)C(C)C. The van der Waals surface area contributed by atoms with Crippen molar-refractivity contribution >= 4 is 5.96 Å². The Morgan fingerprint density at radius 3 is 2.44 bits per heavy atom. The molecule has 25 heavy (non-hydrogen) atoms. The number of benzene rings is 1. The van der Waals surface area contributed by atoms with E-state index in [0.717, 1.165) is 31.2 Å². The maximum absolute atomic E-state index is 9.97. The number of guanidine groups is 1. The number of aromatic hydroxyl groups is 1. The molecule has 0 atom stereocenters. The smallest absolute Gasteiger partial charge is 0.191 e. The number of aliphatic imine (C=N–C) groups is 1. The van der Waals surface area contributed by atoms with E-state index in [0.29, 0.717) is 24.4 Å². The normalized spacial score (nSPS) is 12.1. The fraction of sp³-hybridized carbons (Fsp3) is 0.632. The van der Waals surface area contributed by atoms with Crippen LogP contribution < -0.4 is 15.4 Å². The fourth-order valence-corrected chi connectivity index (χ4v) is 2.74. The van der Waals surface area contributed by atoms with E-state index in [2.05, 4.69) is 48.2 Å². The largest absolute Gasteiger partial charge is 0.508 e. The van der Waals surface area contributed by atoms with Gasteiger partial charge in [0.05, 0.1) is 13.7 Å². The van der Waals surface area contributed by atoms with E-state index in [4.69, 9.17) is 4.74 Å². The molecule has 0 amide bonds. The van der Waals surface area contributed by atoms with Gasteiger partial charge in [-0.1, -0.05) is 0 Å². The molecular formula is C19H34N4O2. The van der Waals surface area contributed by atoms with Gasteiger partial charge in [-0.15, -0.1) is 0 Å². The van der Waals surface area contributed by atoms with E-state index < -0.39 is 0 Å². The van der Waals surface area contributed by atoms with Crippen molar-refractivity contribution in [2.24, 2.45) is 4.99 Å². The molecule has 0 bridgehead atoms. The van der Waals surface area contributed by atoms with Gasteiger partial charge >= 0.3 is 0 Å². The monoisotopic (exact) mass is 350 g/mol. The highest BCUT2D eigenvalue weighted by Crippen LogP contribution is 2.23. The average molecular weight is 351 g/mol. The number of phenolic OH excluding ortho intramolecular Hbond substituents is 1. The van der Waals surface area contributed by atoms with Crippen LogP contribution in [-0.4, -0.2) is 54.8 Å². The zero-order valence-electron chi connectivity index (χ0n) is 16.5. The van der Waals surface area contributed by atoms with Gasteiger partial charge in [0.2, 0.25) is 0 Å². The summed E-state index contributed by atoms with van der Waals surface area (Å²) in [6, 6.07) is 6.19. The fourth-order valence-electron chi connectivity index (χ4n) is 2.74. The molecule has 0 spiro atoms. The van der Waals surface area contributed by atoms with Gasteiger partial charge in [-0.2, -0.15) is 0 Å². The molecular weight excluding hydrogens is 316 g/mol. The maximum Gasteiger partial charge on any atom is 0.191 e. The van der Waals surface area contributed by atoms with Crippen molar-refractivity contribution in [3.63, 3.8) is 0 Å². The second kappa shape index (κ2) is 10.8. The van der Waals surface area contributed by atoms with E-state index in [1.807, 2.05) is 13.0 Å². The molecule has 0 saturated heterocycles. The Hall–Kier alpha value is -1.95. The van der Waals surface area contributed by atoms with E-state index in [1.54, 1.807) is 19.2 Å². The Labute approximate surface area is 152 Å². The second-order valence-corrected chi connectivity index (χ2v) is 6.54. The maximum atomic E-state index is 9.97. The first-order valence-electron chi connectivity index (χ1n) is 9.02. The van der Waals surface area contributed by atoms with Crippen molar-refractivity contribution in [2.75, 3.05) is 26.7 Å². The second-order valence-electron chi connectivity index (χ2n) is 6.54. The zero-order valence-corrected chi connectivity index (χ0v) is 16.5. The number of ether oxygens (including phenoxy) is 1. The van der Waals surface area contributed by atoms with E-state index in [1.165, 1.54) is 0 Å². The first-order chi connectivity index (χ1) is 11.9. The molecule has 0 heterocycles. The van der Waals surface area contributed by atoms with Gasteiger partial charge in [0.1, 0.15) is 11.5 Å². The number of rotatable bonds is 9. The molecule has 3 N–H and O–H groups in total. The summed E-state index contributed by atoms with van der Waals surface area (Å²) in [5.41, 5.74) is 0.738. The molecule has 1 aromatic rings. The summed E-state index contributed by atoms with van der Waals surface area (Å²) >= 11 is 0. The van der Waals surface area contributed by atoms with Crippen molar-refractivity contribution in [3.05, 3.63) is 23.8 Å². The number of phenols is 1. The summed E-state index contributed by atoms with van der Waals surface area (Å²) in [5.74, 6) is 1.69. The number of hydrogen-bond donors (Lipinski definition) is 3. The first-order valence-corrected chi connectivity index (χ1v) is 9.02. The highest BCUT2D eigenvalue weighted by Gasteiger charge is 2.12. The molecule has 0 unspecified atom stereocenters. The summed E-state index contributed by atoms with van der Waals surface area (Å²) in [6.45, 7) is 13.8. The quantitative estimate of drug-likeness (QED) is 0.472. The Morgan fingerprint density at radius 1 is 1.20 bits per heavy atom. The van der Waals surface area contributed by atoms with Crippen LogP contribution in [0.3, 0.4) is 0 Å². The van der Waals surface area contributed by atoms with Crippen molar-refractivity contribution < 1.29 is 9.84 Å². The molecule has 0 aromatic heterocycles. The van der Waals surface area contributed by atoms with Crippen LogP contribution in [0.15, 0.2) is 23.2 Å². The van der Waals surface area contributed by atoms with Crippen molar-refractivity contribution in [3.8, 4) is 11.5 Å². The van der Waals surface area contributed by atoms with Gasteiger partial charge in [0, 0.05) is 37.3 Å². The standard InChI is InChI=1S/C19H34N4O2/c1-7-20-19(21-10-11-23(14(2)3)15(4)5)22-13-16-12-17(25-6)8-9-18(16)24/h8-9,12,14-15,24H,7,10-11,13H2,1-6H3,(H2,20,21,22). The minimum Gasteiger partial charge on any atom is -0.508 e. The lowest BCUT2D eigenvalue weighted by Gasteiger charge is -2.30. The number of hydrogen-bond acceptors (Lipinski definition) is 4. The number of nitrogens with one attached hydrogen (secondary N) is 2. The summed E-state index contributed by atoms with van der Waals surface area (Å²) in [4.78, 5) is 7.00. The molecule has 0 radical (unpaired) electrons. The van der Waals surface area contributed by atoms with Crippen LogP contribution in [0.25, 0.3) is 0 Å². The summed E-state index contributed by atoms with van der Waals surface area (Å²) in [6.07, 6.45) is 0.